The van der Waals surface area contributed by atoms with E-state index in [1.807, 2.05) is 0 Å². The van der Waals surface area contributed by atoms with Crippen LogP contribution in [0.3, 0.4) is 0 Å². The smallest absolute Gasteiger partial charge is 0.0471 e. The Labute approximate surface area is 100 Å². The van der Waals surface area contributed by atoms with Gasteiger partial charge in [-0.2, -0.15) is 0 Å². The topological polar surface area (TPSA) is 21.3 Å². The summed E-state index contributed by atoms with van der Waals surface area (Å²) in [6.07, 6.45) is 6.94. The molecular weight excluding hydrogens is 198 g/mol. The number of hydrogen-bond donors (Lipinski definition) is 1. The van der Waals surface area contributed by atoms with E-state index in [1.165, 1.54) is 38.6 Å². The lowest BCUT2D eigenvalue weighted by molar-refractivity contribution is -0.0406. The van der Waals surface area contributed by atoms with E-state index in [0.29, 0.717) is 5.41 Å². The number of nitrogens with one attached hydrogen (secondary N) is 1. The molecule has 0 bridgehead atoms. The van der Waals surface area contributed by atoms with Crippen LogP contribution < -0.4 is 5.32 Å². The molecule has 0 radical (unpaired) electrons. The highest BCUT2D eigenvalue weighted by molar-refractivity contribution is 4.93. The molecule has 0 atom stereocenters. The molecule has 0 unspecified atom stereocenters. The summed E-state index contributed by atoms with van der Waals surface area (Å²) in [5.74, 6) is 1.74. The molecular formula is C14H27NO. The van der Waals surface area contributed by atoms with Crippen LogP contribution in [0.15, 0.2) is 0 Å². The van der Waals surface area contributed by atoms with Gasteiger partial charge in [0.25, 0.3) is 0 Å². The Bertz CT molecular complexity index is 205. The summed E-state index contributed by atoms with van der Waals surface area (Å²) in [4.78, 5) is 0. The lowest BCUT2D eigenvalue weighted by Gasteiger charge is -2.48. The van der Waals surface area contributed by atoms with Gasteiger partial charge in [0, 0.05) is 19.8 Å². The Morgan fingerprint density at radius 1 is 1.25 bits per heavy atom. The van der Waals surface area contributed by atoms with Crippen molar-refractivity contribution in [2.75, 3.05) is 26.3 Å². The largest absolute Gasteiger partial charge is 0.381 e. The maximum absolute atomic E-state index is 5.54. The molecule has 1 saturated carbocycles. The molecule has 16 heavy (non-hydrogen) atoms. The van der Waals surface area contributed by atoms with E-state index in [-0.39, 0.29) is 0 Å². The van der Waals surface area contributed by atoms with Crippen molar-refractivity contribution >= 4 is 0 Å². The fourth-order valence-electron chi connectivity index (χ4n) is 3.14. The normalized spacial score (nSPS) is 25.7. The molecule has 1 aliphatic carbocycles. The predicted octanol–water partition coefficient (Wildman–Crippen LogP) is 2.83. The van der Waals surface area contributed by atoms with Gasteiger partial charge in [0.2, 0.25) is 0 Å². The van der Waals surface area contributed by atoms with Crippen LogP contribution in [0.2, 0.25) is 0 Å². The van der Waals surface area contributed by atoms with E-state index in [0.717, 1.165) is 31.6 Å². The van der Waals surface area contributed by atoms with Gasteiger partial charge in [0.15, 0.2) is 0 Å². The van der Waals surface area contributed by atoms with Crippen LogP contribution in [0, 0.1) is 17.3 Å². The molecule has 2 aliphatic rings. The van der Waals surface area contributed by atoms with Gasteiger partial charge in [0.05, 0.1) is 0 Å². The molecule has 1 heterocycles. The van der Waals surface area contributed by atoms with E-state index in [9.17, 15) is 0 Å². The quantitative estimate of drug-likeness (QED) is 0.777. The minimum absolute atomic E-state index is 0.575. The van der Waals surface area contributed by atoms with Crippen LogP contribution in [0.1, 0.15) is 46.0 Å². The third-order valence-corrected chi connectivity index (χ3v) is 4.49. The van der Waals surface area contributed by atoms with Crippen molar-refractivity contribution in [3.8, 4) is 0 Å². The first-order valence-corrected chi connectivity index (χ1v) is 7.01. The standard InChI is InChI=1S/C14H27NO/c1-12(2)10-15-11-14(13-4-3-5-13)6-8-16-9-7-14/h12-13,15H,3-11H2,1-2H3. The first kappa shape index (κ1) is 12.4. The lowest BCUT2D eigenvalue weighted by atomic mass is 9.61. The highest BCUT2D eigenvalue weighted by atomic mass is 16.5. The van der Waals surface area contributed by atoms with E-state index >= 15 is 0 Å². The summed E-state index contributed by atoms with van der Waals surface area (Å²) in [7, 11) is 0. The SMILES string of the molecule is CC(C)CNCC1(C2CCC2)CCOCC1. The lowest BCUT2D eigenvalue weighted by Crippen LogP contribution is -2.47. The van der Waals surface area contributed by atoms with Crippen LogP contribution in [0.25, 0.3) is 0 Å². The summed E-state index contributed by atoms with van der Waals surface area (Å²) in [5, 5.41) is 3.69. The third kappa shape index (κ3) is 2.78. The van der Waals surface area contributed by atoms with E-state index in [4.69, 9.17) is 4.74 Å². The van der Waals surface area contributed by atoms with Crippen molar-refractivity contribution in [3.05, 3.63) is 0 Å². The van der Waals surface area contributed by atoms with Crippen molar-refractivity contribution in [2.45, 2.75) is 46.0 Å². The highest BCUT2D eigenvalue weighted by Gasteiger charge is 2.42. The number of rotatable bonds is 5. The molecule has 94 valence electrons. The van der Waals surface area contributed by atoms with Gasteiger partial charge in [-0.05, 0) is 49.5 Å². The van der Waals surface area contributed by atoms with Gasteiger partial charge in [0.1, 0.15) is 0 Å². The van der Waals surface area contributed by atoms with Gasteiger partial charge >= 0.3 is 0 Å². The molecule has 1 aliphatic heterocycles. The van der Waals surface area contributed by atoms with Crippen molar-refractivity contribution in [1.82, 2.24) is 5.32 Å². The number of ether oxygens (including phenoxy) is 1. The second kappa shape index (κ2) is 5.50. The monoisotopic (exact) mass is 225 g/mol. The maximum atomic E-state index is 5.54. The molecule has 0 aromatic rings. The zero-order valence-electron chi connectivity index (χ0n) is 10.9. The van der Waals surface area contributed by atoms with Crippen molar-refractivity contribution in [3.63, 3.8) is 0 Å². The molecule has 0 spiro atoms. The maximum Gasteiger partial charge on any atom is 0.0471 e. The Morgan fingerprint density at radius 2 is 1.94 bits per heavy atom. The summed E-state index contributed by atoms with van der Waals surface area (Å²) in [5.41, 5.74) is 0.575. The second-order valence-electron chi connectivity index (χ2n) is 6.13. The summed E-state index contributed by atoms with van der Waals surface area (Å²) in [6.45, 7) is 8.92. The molecule has 1 saturated heterocycles. The second-order valence-corrected chi connectivity index (χ2v) is 6.13. The zero-order valence-corrected chi connectivity index (χ0v) is 10.9. The van der Waals surface area contributed by atoms with Gasteiger partial charge in [-0.3, -0.25) is 0 Å². The Kier molecular flexibility index (Phi) is 4.26. The van der Waals surface area contributed by atoms with Crippen molar-refractivity contribution < 1.29 is 4.74 Å². The zero-order chi connectivity index (χ0) is 11.4. The number of hydrogen-bond acceptors (Lipinski definition) is 2. The molecule has 0 amide bonds. The van der Waals surface area contributed by atoms with Crippen LogP contribution in [0.5, 0.6) is 0 Å². The minimum atomic E-state index is 0.575. The van der Waals surface area contributed by atoms with E-state index in [1.54, 1.807) is 0 Å². The molecule has 2 rings (SSSR count). The molecule has 1 N–H and O–H groups in total. The molecule has 0 aromatic carbocycles. The Morgan fingerprint density at radius 3 is 2.44 bits per heavy atom. The third-order valence-electron chi connectivity index (χ3n) is 4.49. The molecule has 2 nitrogen and oxygen atoms in total. The van der Waals surface area contributed by atoms with Crippen molar-refractivity contribution in [2.24, 2.45) is 17.3 Å². The van der Waals surface area contributed by atoms with Crippen LogP contribution in [0.4, 0.5) is 0 Å². The average molecular weight is 225 g/mol. The highest BCUT2D eigenvalue weighted by Crippen LogP contribution is 2.47. The Balaban J connectivity index is 1.86. The average Bonchev–Trinajstić information content (AvgIpc) is 2.15. The molecule has 0 aromatic heterocycles. The fraction of sp³-hybridized carbons (Fsp3) is 1.00. The first-order valence-electron chi connectivity index (χ1n) is 7.01. The van der Waals surface area contributed by atoms with Crippen LogP contribution in [-0.2, 0) is 4.74 Å². The van der Waals surface area contributed by atoms with Gasteiger partial charge < -0.3 is 10.1 Å². The van der Waals surface area contributed by atoms with Crippen LogP contribution >= 0.6 is 0 Å². The molecule has 2 heteroatoms. The van der Waals surface area contributed by atoms with Gasteiger partial charge in [-0.25, -0.2) is 0 Å². The van der Waals surface area contributed by atoms with E-state index < -0.39 is 0 Å². The molecule has 2 fully saturated rings. The van der Waals surface area contributed by atoms with Gasteiger partial charge in [-0.1, -0.05) is 20.3 Å². The van der Waals surface area contributed by atoms with E-state index in [2.05, 4.69) is 19.2 Å². The Hall–Kier alpha value is -0.0800. The fourth-order valence-corrected chi connectivity index (χ4v) is 3.14. The summed E-state index contributed by atoms with van der Waals surface area (Å²) in [6, 6.07) is 0. The predicted molar refractivity (Wildman–Crippen MR) is 67.5 cm³/mol. The summed E-state index contributed by atoms with van der Waals surface area (Å²) < 4.78 is 5.54. The first-order chi connectivity index (χ1) is 7.73. The van der Waals surface area contributed by atoms with Crippen LogP contribution in [-0.4, -0.2) is 26.3 Å². The summed E-state index contributed by atoms with van der Waals surface area (Å²) >= 11 is 0. The van der Waals surface area contributed by atoms with Gasteiger partial charge in [-0.15, -0.1) is 0 Å². The minimum Gasteiger partial charge on any atom is -0.381 e. The van der Waals surface area contributed by atoms with Crippen molar-refractivity contribution in [1.29, 1.82) is 0 Å².